The van der Waals surface area contributed by atoms with Crippen LogP contribution in [0, 0.1) is 6.42 Å². The number of carboxylic acid groups (broad SMARTS) is 1. The molecule has 15 heavy (non-hydrogen) atoms. The summed E-state index contributed by atoms with van der Waals surface area (Å²) in [7, 11) is 0. The maximum absolute atomic E-state index is 10.3. The van der Waals surface area contributed by atoms with E-state index in [9.17, 15) is 9.59 Å². The summed E-state index contributed by atoms with van der Waals surface area (Å²) in [6.45, 7) is 4.00. The van der Waals surface area contributed by atoms with Gasteiger partial charge in [0.2, 0.25) is 0 Å². The maximum Gasteiger partial charge on any atom is 0.323 e. The largest absolute Gasteiger partial charge is 0.478 e. The molecule has 0 aliphatic heterocycles. The fourth-order valence-corrected chi connectivity index (χ4v) is 0.716. The molecule has 0 heterocycles. The summed E-state index contributed by atoms with van der Waals surface area (Å²) < 4.78 is 0. The molecule has 0 unspecified atom stereocenters. The van der Waals surface area contributed by atoms with Gasteiger partial charge in [0, 0.05) is 38.3 Å². The van der Waals surface area contributed by atoms with Crippen molar-refractivity contribution in [2.24, 2.45) is 0 Å². The molecule has 0 fully saturated rings. The van der Waals surface area contributed by atoms with Gasteiger partial charge in [-0.2, -0.15) is 25.5 Å². The second-order valence-corrected chi connectivity index (χ2v) is 2.57. The average Bonchev–Trinajstić information content (AvgIpc) is 2.19. The van der Waals surface area contributed by atoms with Crippen molar-refractivity contribution in [3.05, 3.63) is 41.8 Å². The summed E-state index contributed by atoms with van der Waals surface area (Å²) in [6, 6.07) is 5.70. The van der Waals surface area contributed by atoms with Crippen LogP contribution in [0.2, 0.25) is 0 Å². The van der Waals surface area contributed by atoms with Crippen molar-refractivity contribution in [1.29, 1.82) is 0 Å². The van der Waals surface area contributed by atoms with E-state index in [2.05, 4.69) is 0 Å². The molecule has 1 rings (SSSR count). The standard InChI is InChI=1S/C8H5O3.C3H7.Y/c9-5-6-2-1-3-7(4-6)8(10)11;1-3-2;/h1-4H,(H,10,11);3H,1-2H3;/q2*-1;. The van der Waals surface area contributed by atoms with Crippen molar-refractivity contribution in [3.8, 4) is 0 Å². The van der Waals surface area contributed by atoms with Gasteiger partial charge in [-0.15, -0.1) is 12.1 Å². The number of aromatic carboxylic acids is 1. The van der Waals surface area contributed by atoms with E-state index in [-0.39, 0.29) is 43.8 Å². The van der Waals surface area contributed by atoms with E-state index in [0.717, 1.165) is 0 Å². The molecule has 0 aromatic heterocycles. The molecule has 0 saturated heterocycles. The zero-order valence-electron chi connectivity index (χ0n) is 8.73. The first-order valence-electron chi connectivity index (χ1n) is 4.11. The zero-order chi connectivity index (χ0) is 11.0. The third-order valence-corrected chi connectivity index (χ3v) is 1.23. The van der Waals surface area contributed by atoms with Crippen molar-refractivity contribution < 1.29 is 47.4 Å². The minimum atomic E-state index is -1.04. The molecule has 1 radical (unpaired) electrons. The Hall–Kier alpha value is -0.536. The summed E-state index contributed by atoms with van der Waals surface area (Å²) in [5.74, 6) is -1.04. The molecular formula is C11H12O3Y-2. The van der Waals surface area contributed by atoms with Gasteiger partial charge in [-0.1, -0.05) is 6.07 Å². The van der Waals surface area contributed by atoms with Crippen LogP contribution in [0.3, 0.4) is 0 Å². The number of benzene rings is 1. The molecule has 0 spiro atoms. The first-order valence-corrected chi connectivity index (χ1v) is 4.11. The molecule has 0 atom stereocenters. The van der Waals surface area contributed by atoms with E-state index < -0.39 is 5.97 Å². The molecule has 4 heteroatoms. The van der Waals surface area contributed by atoms with Gasteiger partial charge in [0.25, 0.3) is 0 Å². The first-order chi connectivity index (χ1) is 6.65. The van der Waals surface area contributed by atoms with E-state index in [1.165, 1.54) is 24.3 Å². The number of carboxylic acids is 1. The van der Waals surface area contributed by atoms with Crippen molar-refractivity contribution in [3.63, 3.8) is 0 Å². The Kier molecular flexibility index (Phi) is 11.2. The Bertz CT molecular complexity index is 310. The Labute approximate surface area is 115 Å². The Morgan fingerprint density at radius 2 is 1.93 bits per heavy atom. The molecular weight excluding hydrogens is 269 g/mol. The smallest absolute Gasteiger partial charge is 0.323 e. The van der Waals surface area contributed by atoms with Crippen molar-refractivity contribution in [1.82, 2.24) is 0 Å². The summed E-state index contributed by atoms with van der Waals surface area (Å²) >= 11 is 0. The fourth-order valence-electron chi connectivity index (χ4n) is 0.716. The monoisotopic (exact) mass is 281 g/mol. The van der Waals surface area contributed by atoms with E-state index >= 15 is 0 Å². The van der Waals surface area contributed by atoms with Crippen LogP contribution in [-0.2, 0) is 37.5 Å². The molecule has 1 aromatic rings. The van der Waals surface area contributed by atoms with Crippen LogP contribution in [0.5, 0.6) is 0 Å². The minimum Gasteiger partial charge on any atom is -0.478 e. The molecule has 0 amide bonds. The first kappa shape index (κ1) is 16.9. The van der Waals surface area contributed by atoms with Crippen molar-refractivity contribution in [2.75, 3.05) is 0 Å². The van der Waals surface area contributed by atoms with Gasteiger partial charge >= 0.3 is 5.97 Å². The third kappa shape index (κ3) is 7.40. The van der Waals surface area contributed by atoms with Gasteiger partial charge < -0.3 is 16.3 Å². The molecule has 0 saturated carbocycles. The quantitative estimate of drug-likeness (QED) is 0.844. The summed E-state index contributed by atoms with van der Waals surface area (Å²) in [4.78, 5) is 20.4. The maximum atomic E-state index is 10.3. The Morgan fingerprint density at radius 1 is 1.40 bits per heavy atom. The van der Waals surface area contributed by atoms with Gasteiger partial charge in [0.15, 0.2) is 0 Å². The van der Waals surface area contributed by atoms with Crippen LogP contribution in [0.1, 0.15) is 29.8 Å². The number of hydrogen-bond acceptors (Lipinski definition) is 2. The predicted molar refractivity (Wildman–Crippen MR) is 53.8 cm³/mol. The van der Waals surface area contributed by atoms with Crippen LogP contribution in [0.15, 0.2) is 24.3 Å². The van der Waals surface area contributed by atoms with Crippen LogP contribution in [0.4, 0.5) is 0 Å². The summed E-state index contributed by atoms with van der Waals surface area (Å²) in [5.41, 5.74) is 0.357. The van der Waals surface area contributed by atoms with Crippen molar-refractivity contribution >= 4 is 12.3 Å². The summed E-state index contributed by atoms with van der Waals surface area (Å²) in [5, 5.41) is 8.47. The molecule has 0 aliphatic rings. The van der Waals surface area contributed by atoms with Gasteiger partial charge in [-0.3, -0.25) is 0 Å². The second kappa shape index (κ2) is 10.00. The van der Waals surface area contributed by atoms with Crippen molar-refractivity contribution in [2.45, 2.75) is 13.8 Å². The molecule has 0 bridgehead atoms. The van der Waals surface area contributed by atoms with E-state index in [4.69, 9.17) is 5.11 Å². The summed E-state index contributed by atoms with van der Waals surface area (Å²) in [6.07, 6.45) is 3.61. The normalized spacial score (nSPS) is 7.87. The predicted octanol–water partition coefficient (Wildman–Crippen LogP) is 2.07. The van der Waals surface area contributed by atoms with Gasteiger partial charge in [0.05, 0.1) is 6.29 Å². The van der Waals surface area contributed by atoms with Crippen LogP contribution in [-0.4, -0.2) is 17.4 Å². The fraction of sp³-hybridized carbons (Fsp3) is 0.182. The SMILES string of the molecule is C[CH-]C.O=[C-]c1cccc(C(=O)O)c1.[Y]. The number of carbonyl (C=O) groups is 1. The Morgan fingerprint density at radius 3 is 2.33 bits per heavy atom. The van der Waals surface area contributed by atoms with Gasteiger partial charge in [-0.05, 0) is 0 Å². The third-order valence-electron chi connectivity index (χ3n) is 1.23. The van der Waals surface area contributed by atoms with Gasteiger partial charge in [0.1, 0.15) is 0 Å². The van der Waals surface area contributed by atoms with E-state index in [1.807, 2.05) is 20.3 Å². The van der Waals surface area contributed by atoms with Gasteiger partial charge in [-0.25, -0.2) is 4.79 Å². The van der Waals surface area contributed by atoms with Crippen LogP contribution in [0.25, 0.3) is 0 Å². The molecule has 1 N–H and O–H groups in total. The van der Waals surface area contributed by atoms with E-state index in [1.54, 1.807) is 6.29 Å². The second-order valence-electron chi connectivity index (χ2n) is 2.57. The zero-order valence-corrected chi connectivity index (χ0v) is 11.6. The number of hydrogen-bond donors (Lipinski definition) is 1. The molecule has 1 aromatic carbocycles. The number of rotatable bonds is 2. The number of carbonyl (C=O) groups excluding carboxylic acids is 1. The minimum absolute atomic E-state index is 0. The molecule has 3 nitrogen and oxygen atoms in total. The van der Waals surface area contributed by atoms with Crippen LogP contribution < -0.4 is 0 Å². The molecule has 79 valence electrons. The molecule has 0 aliphatic carbocycles. The Balaban J connectivity index is 0. The van der Waals surface area contributed by atoms with E-state index in [0.29, 0.717) is 0 Å². The van der Waals surface area contributed by atoms with Crippen LogP contribution >= 0.6 is 0 Å². The average molecular weight is 281 g/mol. The topological polar surface area (TPSA) is 54.4 Å².